The second kappa shape index (κ2) is 6.66. The number of halogens is 2. The Labute approximate surface area is 135 Å². The van der Waals surface area contributed by atoms with E-state index in [1.165, 1.54) is 12.3 Å². The Morgan fingerprint density at radius 2 is 1.92 bits per heavy atom. The first kappa shape index (κ1) is 15.3. The molecule has 0 saturated heterocycles. The van der Waals surface area contributed by atoms with Gasteiger partial charge in [0.15, 0.2) is 5.82 Å². The molecule has 0 spiro atoms. The zero-order valence-corrected chi connectivity index (χ0v) is 12.2. The lowest BCUT2D eigenvalue weighted by atomic mass is 10.2. The predicted octanol–water partition coefficient (Wildman–Crippen LogP) is 3.51. The summed E-state index contributed by atoms with van der Waals surface area (Å²) in [5, 5.41) is 22.1. The Balaban J connectivity index is 1.80. The van der Waals surface area contributed by atoms with E-state index in [0.717, 1.165) is 12.1 Å². The van der Waals surface area contributed by atoms with Crippen LogP contribution >= 0.6 is 0 Å². The average Bonchev–Trinajstić information content (AvgIpc) is 2.58. The van der Waals surface area contributed by atoms with Crippen molar-refractivity contribution in [1.82, 2.24) is 15.2 Å². The van der Waals surface area contributed by atoms with E-state index in [9.17, 15) is 8.78 Å². The van der Waals surface area contributed by atoms with Crippen molar-refractivity contribution in [3.05, 3.63) is 65.9 Å². The fourth-order valence-corrected chi connectivity index (χ4v) is 1.94. The van der Waals surface area contributed by atoms with Gasteiger partial charge < -0.3 is 10.6 Å². The van der Waals surface area contributed by atoms with Gasteiger partial charge in [0, 0.05) is 11.8 Å². The van der Waals surface area contributed by atoms with Gasteiger partial charge in [0.2, 0.25) is 5.95 Å². The van der Waals surface area contributed by atoms with E-state index in [2.05, 4.69) is 25.8 Å². The second-order valence-electron chi connectivity index (χ2n) is 4.73. The fourth-order valence-electron chi connectivity index (χ4n) is 1.94. The summed E-state index contributed by atoms with van der Waals surface area (Å²) in [7, 11) is 0. The molecule has 0 unspecified atom stereocenters. The van der Waals surface area contributed by atoms with Crippen LogP contribution in [0.1, 0.15) is 5.56 Å². The van der Waals surface area contributed by atoms with Crippen LogP contribution in [-0.2, 0) is 0 Å². The van der Waals surface area contributed by atoms with E-state index in [4.69, 9.17) is 5.26 Å². The van der Waals surface area contributed by atoms with Crippen molar-refractivity contribution in [2.75, 3.05) is 10.6 Å². The summed E-state index contributed by atoms with van der Waals surface area (Å²) in [5.74, 6) is -1.02. The third-order valence-electron chi connectivity index (χ3n) is 3.00. The standard InChI is InChI=1S/C16H10F2N6/c17-11-4-5-14(13(18)7-11)22-15-9-20-24-16(23-15)21-12-3-1-2-10(6-12)8-19/h1-7,9H,(H2,21,22,23,24). The fraction of sp³-hybridized carbons (Fsp3) is 0. The van der Waals surface area contributed by atoms with Gasteiger partial charge in [-0.15, -0.1) is 5.10 Å². The molecule has 24 heavy (non-hydrogen) atoms. The monoisotopic (exact) mass is 324 g/mol. The molecule has 0 aliphatic rings. The lowest BCUT2D eigenvalue weighted by Crippen LogP contribution is -2.03. The van der Waals surface area contributed by atoms with Crippen LogP contribution in [-0.4, -0.2) is 15.2 Å². The van der Waals surface area contributed by atoms with E-state index < -0.39 is 11.6 Å². The van der Waals surface area contributed by atoms with Crippen LogP contribution in [0.4, 0.5) is 31.9 Å². The third-order valence-corrected chi connectivity index (χ3v) is 3.00. The van der Waals surface area contributed by atoms with Crippen molar-refractivity contribution in [2.24, 2.45) is 0 Å². The van der Waals surface area contributed by atoms with Crippen LogP contribution in [0.2, 0.25) is 0 Å². The summed E-state index contributed by atoms with van der Waals surface area (Å²) in [5.41, 5.74) is 1.16. The highest BCUT2D eigenvalue weighted by Gasteiger charge is 2.07. The minimum Gasteiger partial charge on any atom is -0.336 e. The molecular weight excluding hydrogens is 314 g/mol. The highest BCUT2D eigenvalue weighted by Crippen LogP contribution is 2.20. The number of nitrogens with one attached hydrogen (secondary N) is 2. The zero-order valence-electron chi connectivity index (χ0n) is 12.2. The Morgan fingerprint density at radius 1 is 1.04 bits per heavy atom. The van der Waals surface area contributed by atoms with Gasteiger partial charge in [0.1, 0.15) is 11.6 Å². The van der Waals surface area contributed by atoms with E-state index in [0.29, 0.717) is 11.3 Å². The molecule has 1 heterocycles. The number of anilines is 4. The van der Waals surface area contributed by atoms with Crippen molar-refractivity contribution >= 4 is 23.1 Å². The van der Waals surface area contributed by atoms with E-state index in [-0.39, 0.29) is 17.5 Å². The maximum Gasteiger partial charge on any atom is 0.249 e. The largest absolute Gasteiger partial charge is 0.336 e. The van der Waals surface area contributed by atoms with Crippen LogP contribution in [0.15, 0.2) is 48.7 Å². The minimum atomic E-state index is -0.746. The predicted molar refractivity (Wildman–Crippen MR) is 83.9 cm³/mol. The normalized spacial score (nSPS) is 10.0. The number of nitriles is 1. The first-order valence-corrected chi connectivity index (χ1v) is 6.83. The van der Waals surface area contributed by atoms with E-state index in [1.54, 1.807) is 24.3 Å². The quantitative estimate of drug-likeness (QED) is 0.764. The van der Waals surface area contributed by atoms with Gasteiger partial charge in [0.05, 0.1) is 23.5 Å². The number of aromatic nitrogens is 3. The van der Waals surface area contributed by atoms with Crippen LogP contribution < -0.4 is 10.6 Å². The average molecular weight is 324 g/mol. The van der Waals surface area contributed by atoms with Gasteiger partial charge in [-0.25, -0.2) is 8.78 Å². The highest BCUT2D eigenvalue weighted by atomic mass is 19.1. The molecule has 0 radical (unpaired) electrons. The molecule has 118 valence electrons. The first-order chi connectivity index (χ1) is 11.6. The molecule has 0 saturated carbocycles. The summed E-state index contributed by atoms with van der Waals surface area (Å²) in [6.07, 6.45) is 1.31. The van der Waals surface area contributed by atoms with Gasteiger partial charge in [-0.05, 0) is 30.3 Å². The molecule has 3 aromatic rings. The van der Waals surface area contributed by atoms with Gasteiger partial charge in [0.25, 0.3) is 0 Å². The molecule has 3 rings (SSSR count). The summed E-state index contributed by atoms with van der Waals surface area (Å²) in [4.78, 5) is 4.14. The molecule has 0 amide bonds. The lowest BCUT2D eigenvalue weighted by molar-refractivity contribution is 0.586. The Hall–Kier alpha value is -3.60. The topological polar surface area (TPSA) is 86.5 Å². The zero-order chi connectivity index (χ0) is 16.9. The van der Waals surface area contributed by atoms with Crippen molar-refractivity contribution < 1.29 is 8.78 Å². The van der Waals surface area contributed by atoms with Crippen LogP contribution in [0.5, 0.6) is 0 Å². The van der Waals surface area contributed by atoms with Gasteiger partial charge >= 0.3 is 0 Å². The number of rotatable bonds is 4. The third kappa shape index (κ3) is 3.59. The second-order valence-corrected chi connectivity index (χ2v) is 4.73. The Kier molecular flexibility index (Phi) is 4.25. The molecule has 0 bridgehead atoms. The Bertz CT molecular complexity index is 922. The SMILES string of the molecule is N#Cc1cccc(Nc2nncc(Nc3ccc(F)cc3F)n2)c1. The highest BCUT2D eigenvalue weighted by molar-refractivity contribution is 5.60. The van der Waals surface area contributed by atoms with Crippen molar-refractivity contribution in [3.63, 3.8) is 0 Å². The van der Waals surface area contributed by atoms with Gasteiger partial charge in [-0.1, -0.05) is 6.07 Å². The molecule has 2 aromatic carbocycles. The van der Waals surface area contributed by atoms with Gasteiger partial charge in [-0.2, -0.15) is 15.3 Å². The molecule has 1 aromatic heterocycles. The lowest BCUT2D eigenvalue weighted by Gasteiger charge is -2.08. The molecule has 0 aliphatic heterocycles. The molecule has 6 nitrogen and oxygen atoms in total. The van der Waals surface area contributed by atoms with Crippen LogP contribution in [0.25, 0.3) is 0 Å². The smallest absolute Gasteiger partial charge is 0.249 e. The molecule has 0 fully saturated rings. The molecule has 8 heteroatoms. The number of hydrogen-bond donors (Lipinski definition) is 2. The molecular formula is C16H10F2N6. The molecule has 0 atom stereocenters. The number of benzene rings is 2. The van der Waals surface area contributed by atoms with Crippen molar-refractivity contribution in [2.45, 2.75) is 0 Å². The molecule has 2 N–H and O–H groups in total. The first-order valence-electron chi connectivity index (χ1n) is 6.83. The summed E-state index contributed by atoms with van der Waals surface area (Å²) < 4.78 is 26.6. The Morgan fingerprint density at radius 3 is 2.71 bits per heavy atom. The summed E-state index contributed by atoms with van der Waals surface area (Å²) >= 11 is 0. The van der Waals surface area contributed by atoms with Crippen molar-refractivity contribution in [3.8, 4) is 6.07 Å². The maximum absolute atomic E-state index is 13.7. The van der Waals surface area contributed by atoms with Crippen molar-refractivity contribution in [1.29, 1.82) is 5.26 Å². The van der Waals surface area contributed by atoms with Crippen LogP contribution in [0.3, 0.4) is 0 Å². The number of hydrogen-bond acceptors (Lipinski definition) is 6. The van der Waals surface area contributed by atoms with E-state index >= 15 is 0 Å². The van der Waals surface area contributed by atoms with Gasteiger partial charge in [-0.3, -0.25) is 0 Å². The minimum absolute atomic E-state index is 0.0642. The number of nitrogens with zero attached hydrogens (tertiary/aromatic N) is 4. The van der Waals surface area contributed by atoms with Crippen LogP contribution in [0, 0.1) is 23.0 Å². The maximum atomic E-state index is 13.7. The summed E-state index contributed by atoms with van der Waals surface area (Å²) in [6.45, 7) is 0. The molecule has 0 aliphatic carbocycles. The summed E-state index contributed by atoms with van der Waals surface area (Å²) in [6, 6.07) is 11.9. The van der Waals surface area contributed by atoms with E-state index in [1.807, 2.05) is 6.07 Å².